The van der Waals surface area contributed by atoms with E-state index in [0.29, 0.717) is 0 Å². The number of amidine groups is 1. The van der Waals surface area contributed by atoms with E-state index < -0.39 is 17.2 Å². The first kappa shape index (κ1) is 9.97. The van der Waals surface area contributed by atoms with Crippen molar-refractivity contribution in [3.63, 3.8) is 0 Å². The quantitative estimate of drug-likeness (QED) is 0.152. The van der Waals surface area contributed by atoms with Crippen LogP contribution in [-0.4, -0.2) is 26.4 Å². The van der Waals surface area contributed by atoms with Crippen LogP contribution in [0.1, 0.15) is 5.56 Å². The van der Waals surface area contributed by atoms with E-state index in [2.05, 4.69) is 5.16 Å². The number of phenols is 3. The zero-order chi connectivity index (χ0) is 10.7. The third-order valence-corrected chi connectivity index (χ3v) is 1.71. The van der Waals surface area contributed by atoms with Gasteiger partial charge in [0.2, 0.25) is 5.75 Å². The predicted octanol–water partition coefficient (Wildman–Crippen LogP) is 0.0923. The van der Waals surface area contributed by atoms with E-state index in [1.54, 1.807) is 0 Å². The van der Waals surface area contributed by atoms with Crippen LogP contribution in [0.2, 0.25) is 0 Å². The van der Waals surface area contributed by atoms with Crippen LogP contribution in [0, 0.1) is 0 Å². The maximum Gasteiger partial charge on any atom is 0.200 e. The summed E-state index contributed by atoms with van der Waals surface area (Å²) in [7, 11) is 0. The standard InChI is InChI=1S/C8H10N2O4/c9-6(10-14)3-4-1-2-5(11)8(13)7(4)12/h1-2,11-14H,3H2,(H2,9,10). The molecule has 1 rings (SSSR count). The highest BCUT2D eigenvalue weighted by atomic mass is 16.4. The minimum Gasteiger partial charge on any atom is -0.504 e. The summed E-state index contributed by atoms with van der Waals surface area (Å²) in [6.07, 6.45) is -0.0177. The van der Waals surface area contributed by atoms with E-state index in [-0.39, 0.29) is 17.8 Å². The maximum atomic E-state index is 9.32. The Morgan fingerprint density at radius 1 is 1.21 bits per heavy atom. The molecular weight excluding hydrogens is 188 g/mol. The zero-order valence-corrected chi connectivity index (χ0v) is 7.18. The SMILES string of the molecule is NC(Cc1ccc(O)c(O)c1O)=NO. The molecule has 1 aromatic carbocycles. The van der Waals surface area contributed by atoms with Gasteiger partial charge in [-0.15, -0.1) is 0 Å². The molecule has 0 atom stereocenters. The number of oxime groups is 1. The van der Waals surface area contributed by atoms with Crippen LogP contribution in [-0.2, 0) is 6.42 Å². The zero-order valence-electron chi connectivity index (χ0n) is 7.18. The van der Waals surface area contributed by atoms with Gasteiger partial charge in [0.25, 0.3) is 0 Å². The Labute approximate surface area is 79.5 Å². The lowest BCUT2D eigenvalue weighted by Crippen LogP contribution is -2.14. The van der Waals surface area contributed by atoms with Crippen LogP contribution < -0.4 is 5.73 Å². The van der Waals surface area contributed by atoms with E-state index in [4.69, 9.17) is 21.2 Å². The van der Waals surface area contributed by atoms with Gasteiger partial charge in [-0.2, -0.15) is 0 Å². The molecule has 0 radical (unpaired) electrons. The summed E-state index contributed by atoms with van der Waals surface area (Å²) in [5, 5.41) is 38.4. The number of hydrogen-bond acceptors (Lipinski definition) is 5. The molecule has 76 valence electrons. The number of nitrogens with zero attached hydrogens (tertiary/aromatic N) is 1. The fourth-order valence-corrected chi connectivity index (χ4v) is 0.984. The topological polar surface area (TPSA) is 119 Å². The van der Waals surface area contributed by atoms with Gasteiger partial charge in [0.05, 0.1) is 0 Å². The molecule has 0 amide bonds. The van der Waals surface area contributed by atoms with Gasteiger partial charge in [0.1, 0.15) is 5.84 Å². The largest absolute Gasteiger partial charge is 0.504 e. The molecule has 0 aliphatic heterocycles. The minimum atomic E-state index is -0.617. The molecular formula is C8H10N2O4. The first-order valence-corrected chi connectivity index (χ1v) is 3.75. The number of nitrogens with two attached hydrogens (primary N) is 1. The molecule has 0 saturated carbocycles. The summed E-state index contributed by atoms with van der Waals surface area (Å²) in [5.74, 6) is -1.62. The molecule has 0 aliphatic carbocycles. The van der Waals surface area contributed by atoms with E-state index >= 15 is 0 Å². The number of phenolic OH excluding ortho intramolecular Hbond substituents is 3. The maximum absolute atomic E-state index is 9.32. The van der Waals surface area contributed by atoms with E-state index in [1.165, 1.54) is 12.1 Å². The number of benzene rings is 1. The first-order chi connectivity index (χ1) is 6.56. The second kappa shape index (κ2) is 3.73. The van der Waals surface area contributed by atoms with Gasteiger partial charge in [-0.3, -0.25) is 0 Å². The fraction of sp³-hybridized carbons (Fsp3) is 0.125. The number of rotatable bonds is 2. The van der Waals surface area contributed by atoms with E-state index in [9.17, 15) is 5.11 Å². The minimum absolute atomic E-state index is 0.0177. The van der Waals surface area contributed by atoms with Crippen molar-refractivity contribution >= 4 is 5.84 Å². The fourth-order valence-electron chi connectivity index (χ4n) is 0.984. The average molecular weight is 198 g/mol. The van der Waals surface area contributed by atoms with Crippen LogP contribution in [0.25, 0.3) is 0 Å². The van der Waals surface area contributed by atoms with Gasteiger partial charge in [-0.05, 0) is 6.07 Å². The monoisotopic (exact) mass is 198 g/mol. The van der Waals surface area contributed by atoms with Crippen LogP contribution in [0.3, 0.4) is 0 Å². The lowest BCUT2D eigenvalue weighted by Gasteiger charge is -2.06. The van der Waals surface area contributed by atoms with Gasteiger partial charge in [-0.1, -0.05) is 11.2 Å². The van der Waals surface area contributed by atoms with Gasteiger partial charge in [-0.25, -0.2) is 0 Å². The van der Waals surface area contributed by atoms with Crippen molar-refractivity contribution in [1.29, 1.82) is 0 Å². The summed E-state index contributed by atoms with van der Waals surface area (Å²) < 4.78 is 0. The Kier molecular flexibility index (Phi) is 2.66. The van der Waals surface area contributed by atoms with Gasteiger partial charge in [0.15, 0.2) is 11.5 Å². The van der Waals surface area contributed by atoms with Crippen LogP contribution in [0.4, 0.5) is 0 Å². The molecule has 0 spiro atoms. The Morgan fingerprint density at radius 2 is 1.86 bits per heavy atom. The van der Waals surface area contributed by atoms with Gasteiger partial charge in [0, 0.05) is 12.0 Å². The number of hydrogen-bond donors (Lipinski definition) is 5. The Morgan fingerprint density at radius 3 is 2.43 bits per heavy atom. The van der Waals surface area contributed by atoms with Crippen molar-refractivity contribution in [1.82, 2.24) is 0 Å². The van der Waals surface area contributed by atoms with Gasteiger partial charge >= 0.3 is 0 Å². The van der Waals surface area contributed by atoms with Crippen molar-refractivity contribution in [2.24, 2.45) is 10.9 Å². The summed E-state index contributed by atoms with van der Waals surface area (Å²) >= 11 is 0. The van der Waals surface area contributed by atoms with E-state index in [1.807, 2.05) is 0 Å². The molecule has 0 saturated heterocycles. The highest BCUT2D eigenvalue weighted by Gasteiger charge is 2.11. The highest BCUT2D eigenvalue weighted by Crippen LogP contribution is 2.37. The van der Waals surface area contributed by atoms with Crippen LogP contribution in [0.15, 0.2) is 17.3 Å². The molecule has 0 aliphatic rings. The highest BCUT2D eigenvalue weighted by molar-refractivity contribution is 5.83. The average Bonchev–Trinajstić information content (AvgIpc) is 2.19. The second-order valence-corrected chi connectivity index (χ2v) is 2.71. The molecule has 6 nitrogen and oxygen atoms in total. The lowest BCUT2D eigenvalue weighted by atomic mass is 10.1. The molecule has 0 unspecified atom stereocenters. The first-order valence-electron chi connectivity index (χ1n) is 3.75. The molecule has 0 aromatic heterocycles. The Bertz CT molecular complexity index is 376. The second-order valence-electron chi connectivity index (χ2n) is 2.71. The van der Waals surface area contributed by atoms with Crippen molar-refractivity contribution in [3.05, 3.63) is 17.7 Å². The Hall–Kier alpha value is -2.11. The molecule has 0 bridgehead atoms. The molecule has 0 fully saturated rings. The van der Waals surface area contributed by atoms with Crippen LogP contribution >= 0.6 is 0 Å². The predicted molar refractivity (Wildman–Crippen MR) is 48.5 cm³/mol. The summed E-state index contributed by atoms with van der Waals surface area (Å²) in [6, 6.07) is 2.57. The van der Waals surface area contributed by atoms with Crippen molar-refractivity contribution < 1.29 is 20.5 Å². The number of aromatic hydroxyl groups is 3. The molecule has 6 heteroatoms. The molecule has 6 N–H and O–H groups in total. The normalized spacial score (nSPS) is 11.6. The summed E-state index contributed by atoms with van der Waals surface area (Å²) in [4.78, 5) is 0. The lowest BCUT2D eigenvalue weighted by molar-refractivity contribution is 0.317. The van der Waals surface area contributed by atoms with Crippen molar-refractivity contribution in [2.45, 2.75) is 6.42 Å². The smallest absolute Gasteiger partial charge is 0.200 e. The van der Waals surface area contributed by atoms with Gasteiger partial charge < -0.3 is 26.3 Å². The van der Waals surface area contributed by atoms with Crippen molar-refractivity contribution in [2.75, 3.05) is 0 Å². The van der Waals surface area contributed by atoms with Crippen molar-refractivity contribution in [3.8, 4) is 17.2 Å². The summed E-state index contributed by atoms with van der Waals surface area (Å²) in [6.45, 7) is 0. The molecule has 1 aromatic rings. The van der Waals surface area contributed by atoms with Crippen LogP contribution in [0.5, 0.6) is 17.2 Å². The third kappa shape index (κ3) is 1.79. The molecule has 14 heavy (non-hydrogen) atoms. The molecule has 0 heterocycles. The Balaban J connectivity index is 3.06. The summed E-state index contributed by atoms with van der Waals surface area (Å²) in [5.41, 5.74) is 5.47. The van der Waals surface area contributed by atoms with E-state index in [0.717, 1.165) is 0 Å². The third-order valence-electron chi connectivity index (χ3n) is 1.71.